The summed E-state index contributed by atoms with van der Waals surface area (Å²) in [7, 11) is 0. The predicted molar refractivity (Wildman–Crippen MR) is 60.8 cm³/mol. The lowest BCUT2D eigenvalue weighted by Gasteiger charge is -2.28. The van der Waals surface area contributed by atoms with Gasteiger partial charge >= 0.3 is 0 Å². The monoisotopic (exact) mass is 224 g/mol. The van der Waals surface area contributed by atoms with E-state index in [4.69, 9.17) is 10.3 Å². The highest BCUT2D eigenvalue weighted by molar-refractivity contribution is 4.87. The first-order valence-corrected chi connectivity index (χ1v) is 6.07. The van der Waals surface area contributed by atoms with Crippen molar-refractivity contribution in [2.45, 2.75) is 45.2 Å². The number of nitrogens with two attached hydrogens (primary N) is 1. The first-order chi connectivity index (χ1) is 7.78. The van der Waals surface area contributed by atoms with Crippen LogP contribution in [0.15, 0.2) is 4.52 Å². The van der Waals surface area contributed by atoms with Gasteiger partial charge in [0.2, 0.25) is 5.89 Å². The van der Waals surface area contributed by atoms with Crippen molar-refractivity contribution in [3.8, 4) is 0 Å². The first-order valence-electron chi connectivity index (χ1n) is 6.07. The van der Waals surface area contributed by atoms with Crippen molar-refractivity contribution < 1.29 is 4.52 Å². The van der Waals surface area contributed by atoms with Gasteiger partial charge in [0.25, 0.3) is 0 Å². The van der Waals surface area contributed by atoms with Gasteiger partial charge in [-0.25, -0.2) is 0 Å². The molecule has 1 aromatic rings. The van der Waals surface area contributed by atoms with Crippen LogP contribution in [0.2, 0.25) is 0 Å². The lowest BCUT2D eigenvalue weighted by atomic mass is 10.1. The van der Waals surface area contributed by atoms with E-state index >= 15 is 0 Å². The van der Waals surface area contributed by atoms with Crippen molar-refractivity contribution in [1.82, 2.24) is 15.0 Å². The van der Waals surface area contributed by atoms with E-state index < -0.39 is 0 Å². The highest BCUT2D eigenvalue weighted by Gasteiger charge is 2.18. The highest BCUT2D eigenvalue weighted by Crippen LogP contribution is 2.11. The van der Waals surface area contributed by atoms with Gasteiger partial charge in [-0.1, -0.05) is 12.1 Å². The largest absolute Gasteiger partial charge is 0.338 e. The topological polar surface area (TPSA) is 68.2 Å². The number of aryl methyl sites for hydroxylation is 1. The number of hydrogen-bond donors (Lipinski definition) is 1. The molecule has 90 valence electrons. The van der Waals surface area contributed by atoms with E-state index in [1.165, 1.54) is 0 Å². The minimum Gasteiger partial charge on any atom is -0.338 e. The summed E-state index contributed by atoms with van der Waals surface area (Å²) in [5, 5.41) is 3.95. The van der Waals surface area contributed by atoms with Crippen molar-refractivity contribution in [3.05, 3.63) is 11.7 Å². The molecule has 2 N–H and O–H groups in total. The number of aromatic nitrogens is 2. The normalized spacial score (nSPS) is 19.1. The zero-order valence-electron chi connectivity index (χ0n) is 9.85. The molecule has 0 amide bonds. The zero-order chi connectivity index (χ0) is 11.4. The van der Waals surface area contributed by atoms with Gasteiger partial charge in [0.15, 0.2) is 5.82 Å². The molecule has 1 aliphatic heterocycles. The van der Waals surface area contributed by atoms with Crippen LogP contribution in [0, 0.1) is 0 Å². The van der Waals surface area contributed by atoms with E-state index in [-0.39, 0.29) is 0 Å². The number of piperidine rings is 1. The second-order valence-corrected chi connectivity index (χ2v) is 4.47. The fraction of sp³-hybridized carbons (Fsp3) is 0.818. The van der Waals surface area contributed by atoms with E-state index in [0.29, 0.717) is 6.04 Å². The quantitative estimate of drug-likeness (QED) is 0.824. The molecule has 0 radical (unpaired) electrons. The molecule has 1 saturated heterocycles. The molecule has 0 spiro atoms. The van der Waals surface area contributed by atoms with E-state index in [1.54, 1.807) is 0 Å². The van der Waals surface area contributed by atoms with Crippen LogP contribution >= 0.6 is 0 Å². The molecule has 0 aromatic carbocycles. The molecule has 0 bridgehead atoms. The van der Waals surface area contributed by atoms with Gasteiger partial charge in [-0.05, 0) is 19.3 Å². The van der Waals surface area contributed by atoms with Gasteiger partial charge < -0.3 is 10.3 Å². The third-order valence-electron chi connectivity index (χ3n) is 2.97. The third kappa shape index (κ3) is 3.02. The van der Waals surface area contributed by atoms with Gasteiger partial charge in [0, 0.05) is 25.6 Å². The van der Waals surface area contributed by atoms with Crippen LogP contribution in [-0.2, 0) is 13.0 Å². The highest BCUT2D eigenvalue weighted by atomic mass is 16.5. The van der Waals surface area contributed by atoms with E-state index in [0.717, 1.165) is 57.0 Å². The van der Waals surface area contributed by atoms with E-state index in [1.807, 2.05) is 0 Å². The molecule has 0 aliphatic carbocycles. The molecule has 16 heavy (non-hydrogen) atoms. The molecule has 5 nitrogen and oxygen atoms in total. The van der Waals surface area contributed by atoms with Crippen molar-refractivity contribution in [2.24, 2.45) is 5.73 Å². The molecule has 0 atom stereocenters. The van der Waals surface area contributed by atoms with Crippen LogP contribution in [0.3, 0.4) is 0 Å². The molecule has 1 fully saturated rings. The SMILES string of the molecule is CCCc1noc(CN2CCC(N)CC2)n1. The second-order valence-electron chi connectivity index (χ2n) is 4.47. The van der Waals surface area contributed by atoms with Crippen LogP contribution < -0.4 is 5.73 Å². The van der Waals surface area contributed by atoms with Crippen molar-refractivity contribution in [1.29, 1.82) is 0 Å². The van der Waals surface area contributed by atoms with E-state index in [2.05, 4.69) is 22.0 Å². The van der Waals surface area contributed by atoms with Crippen LogP contribution in [0.25, 0.3) is 0 Å². The zero-order valence-corrected chi connectivity index (χ0v) is 9.85. The fourth-order valence-corrected chi connectivity index (χ4v) is 1.98. The Labute approximate surface area is 96.0 Å². The third-order valence-corrected chi connectivity index (χ3v) is 2.97. The Morgan fingerprint density at radius 3 is 2.88 bits per heavy atom. The van der Waals surface area contributed by atoms with Gasteiger partial charge in [-0.3, -0.25) is 4.90 Å². The van der Waals surface area contributed by atoms with Gasteiger partial charge in [-0.15, -0.1) is 0 Å². The maximum Gasteiger partial charge on any atom is 0.240 e. The maximum absolute atomic E-state index is 5.86. The lowest BCUT2D eigenvalue weighted by molar-refractivity contribution is 0.182. The Morgan fingerprint density at radius 2 is 2.19 bits per heavy atom. The standard InChI is InChI=1S/C11H20N4O/c1-2-3-10-13-11(16-14-10)8-15-6-4-9(12)5-7-15/h9H,2-8,12H2,1H3. The van der Waals surface area contributed by atoms with Crippen LogP contribution in [0.5, 0.6) is 0 Å². The summed E-state index contributed by atoms with van der Waals surface area (Å²) in [6, 6.07) is 0.370. The van der Waals surface area contributed by atoms with Crippen LogP contribution in [0.4, 0.5) is 0 Å². The molecule has 1 aromatic heterocycles. The average Bonchev–Trinajstić information content (AvgIpc) is 2.70. The Hall–Kier alpha value is -0.940. The number of rotatable bonds is 4. The number of hydrogen-bond acceptors (Lipinski definition) is 5. The van der Waals surface area contributed by atoms with E-state index in [9.17, 15) is 0 Å². The summed E-state index contributed by atoms with van der Waals surface area (Å²) >= 11 is 0. The van der Waals surface area contributed by atoms with Crippen LogP contribution in [-0.4, -0.2) is 34.2 Å². The predicted octanol–water partition coefficient (Wildman–Crippen LogP) is 0.945. The Kier molecular flexibility index (Phi) is 3.90. The minimum atomic E-state index is 0.370. The molecular weight excluding hydrogens is 204 g/mol. The molecular formula is C11H20N4O. The van der Waals surface area contributed by atoms with Crippen molar-refractivity contribution in [2.75, 3.05) is 13.1 Å². The maximum atomic E-state index is 5.86. The molecule has 2 heterocycles. The molecule has 2 rings (SSSR count). The average molecular weight is 224 g/mol. The Morgan fingerprint density at radius 1 is 1.44 bits per heavy atom. The van der Waals surface area contributed by atoms with Crippen LogP contribution in [0.1, 0.15) is 37.9 Å². The summed E-state index contributed by atoms with van der Waals surface area (Å²) in [5.41, 5.74) is 5.86. The molecule has 1 aliphatic rings. The Balaban J connectivity index is 1.83. The number of nitrogens with zero attached hydrogens (tertiary/aromatic N) is 3. The molecule has 0 unspecified atom stereocenters. The van der Waals surface area contributed by atoms with Crippen molar-refractivity contribution >= 4 is 0 Å². The number of likely N-dealkylation sites (tertiary alicyclic amines) is 1. The first kappa shape index (κ1) is 11.5. The minimum absolute atomic E-state index is 0.370. The Bertz CT molecular complexity index is 318. The summed E-state index contributed by atoms with van der Waals surface area (Å²) in [4.78, 5) is 6.69. The summed E-state index contributed by atoms with van der Waals surface area (Å²) < 4.78 is 5.21. The fourth-order valence-electron chi connectivity index (χ4n) is 1.98. The van der Waals surface area contributed by atoms with Gasteiger partial charge in [0.05, 0.1) is 6.54 Å². The smallest absolute Gasteiger partial charge is 0.240 e. The molecule has 0 saturated carbocycles. The van der Waals surface area contributed by atoms with Gasteiger partial charge in [-0.2, -0.15) is 4.98 Å². The van der Waals surface area contributed by atoms with Gasteiger partial charge in [0.1, 0.15) is 0 Å². The summed E-state index contributed by atoms with van der Waals surface area (Å²) in [5.74, 6) is 1.56. The summed E-state index contributed by atoms with van der Waals surface area (Å²) in [6.45, 7) is 4.95. The second kappa shape index (κ2) is 5.41. The molecule has 5 heteroatoms. The summed E-state index contributed by atoms with van der Waals surface area (Å²) in [6.07, 6.45) is 4.08. The van der Waals surface area contributed by atoms with Crippen molar-refractivity contribution in [3.63, 3.8) is 0 Å². The lowest BCUT2D eigenvalue weighted by Crippen LogP contribution is -2.39.